The van der Waals surface area contributed by atoms with Crippen LogP contribution in [-0.4, -0.2) is 16.9 Å². The molecule has 0 saturated carbocycles. The number of carbonyl (C=O) groups is 1. The Morgan fingerprint density at radius 3 is 2.87 bits per heavy atom. The number of rotatable bonds is 2. The molecule has 1 atom stereocenters. The molecule has 3 heteroatoms. The standard InChI is InChI=1S/C20H20N2O/c1-14-10-11-15-6-2-5-9-19(15)22(14)20(23)12-16-13-21-18-8-4-3-7-17(16)18/h2-9,13-14,21H,10-12H2,1H3. The number of hydrogen-bond acceptors (Lipinski definition) is 1. The number of amides is 1. The van der Waals surface area contributed by atoms with Crippen LogP contribution in [0.4, 0.5) is 5.69 Å². The summed E-state index contributed by atoms with van der Waals surface area (Å²) >= 11 is 0. The number of aromatic nitrogens is 1. The zero-order chi connectivity index (χ0) is 15.8. The predicted octanol–water partition coefficient (Wildman–Crippen LogP) is 4.08. The van der Waals surface area contributed by atoms with Crippen molar-refractivity contribution in [2.24, 2.45) is 0 Å². The van der Waals surface area contributed by atoms with Crippen LogP contribution in [0.5, 0.6) is 0 Å². The van der Waals surface area contributed by atoms with E-state index in [9.17, 15) is 4.79 Å². The van der Waals surface area contributed by atoms with Gasteiger partial charge in [0.05, 0.1) is 6.42 Å². The Hall–Kier alpha value is -2.55. The highest BCUT2D eigenvalue weighted by atomic mass is 16.2. The fourth-order valence-electron chi connectivity index (χ4n) is 3.59. The predicted molar refractivity (Wildman–Crippen MR) is 93.7 cm³/mol. The van der Waals surface area contributed by atoms with Crippen LogP contribution in [0, 0.1) is 0 Å². The SMILES string of the molecule is CC1CCc2ccccc2N1C(=O)Cc1c[nH]c2ccccc12. The van der Waals surface area contributed by atoms with Gasteiger partial charge in [0.15, 0.2) is 0 Å². The molecule has 3 aromatic rings. The summed E-state index contributed by atoms with van der Waals surface area (Å²) in [6.45, 7) is 2.14. The van der Waals surface area contributed by atoms with E-state index in [2.05, 4.69) is 36.2 Å². The van der Waals surface area contributed by atoms with Crippen molar-refractivity contribution in [1.82, 2.24) is 4.98 Å². The number of para-hydroxylation sites is 2. The van der Waals surface area contributed by atoms with E-state index in [-0.39, 0.29) is 11.9 Å². The number of aryl methyl sites for hydroxylation is 1. The van der Waals surface area contributed by atoms with E-state index in [1.165, 1.54) is 5.56 Å². The van der Waals surface area contributed by atoms with Crippen LogP contribution in [0.2, 0.25) is 0 Å². The molecule has 1 aromatic heterocycles. The van der Waals surface area contributed by atoms with E-state index in [0.29, 0.717) is 6.42 Å². The van der Waals surface area contributed by atoms with Crippen molar-refractivity contribution in [3.8, 4) is 0 Å². The fraction of sp³-hybridized carbons (Fsp3) is 0.250. The molecule has 0 aliphatic carbocycles. The van der Waals surface area contributed by atoms with E-state index >= 15 is 0 Å². The lowest BCUT2D eigenvalue weighted by Crippen LogP contribution is -2.42. The topological polar surface area (TPSA) is 36.1 Å². The summed E-state index contributed by atoms with van der Waals surface area (Å²) in [6.07, 6.45) is 4.47. The molecular formula is C20H20N2O. The Morgan fingerprint density at radius 1 is 1.17 bits per heavy atom. The fourth-order valence-corrected chi connectivity index (χ4v) is 3.59. The summed E-state index contributed by atoms with van der Waals surface area (Å²) < 4.78 is 0. The van der Waals surface area contributed by atoms with Gasteiger partial charge in [-0.2, -0.15) is 0 Å². The van der Waals surface area contributed by atoms with Gasteiger partial charge in [0.25, 0.3) is 0 Å². The van der Waals surface area contributed by atoms with Crippen LogP contribution in [0.15, 0.2) is 54.7 Å². The van der Waals surface area contributed by atoms with Crippen LogP contribution < -0.4 is 4.90 Å². The number of carbonyl (C=O) groups excluding carboxylic acids is 1. The lowest BCUT2D eigenvalue weighted by Gasteiger charge is -2.35. The molecule has 1 unspecified atom stereocenters. The first-order chi connectivity index (χ1) is 11.2. The molecule has 3 nitrogen and oxygen atoms in total. The average molecular weight is 304 g/mol. The summed E-state index contributed by atoms with van der Waals surface area (Å²) in [5.41, 5.74) is 4.51. The summed E-state index contributed by atoms with van der Waals surface area (Å²) in [4.78, 5) is 18.2. The van der Waals surface area contributed by atoms with Crippen molar-refractivity contribution in [2.45, 2.75) is 32.2 Å². The molecule has 1 aliphatic rings. The maximum absolute atomic E-state index is 13.0. The number of aromatic amines is 1. The van der Waals surface area contributed by atoms with Gasteiger partial charge in [-0.25, -0.2) is 0 Å². The normalized spacial score (nSPS) is 17.3. The molecule has 23 heavy (non-hydrogen) atoms. The molecule has 0 radical (unpaired) electrons. The number of fused-ring (bicyclic) bond motifs is 2. The van der Waals surface area contributed by atoms with Crippen LogP contribution in [0.1, 0.15) is 24.5 Å². The second kappa shape index (κ2) is 5.58. The molecule has 1 aliphatic heterocycles. The average Bonchev–Trinajstić information content (AvgIpc) is 2.98. The van der Waals surface area contributed by atoms with Gasteiger partial charge in [0, 0.05) is 28.8 Å². The summed E-state index contributed by atoms with van der Waals surface area (Å²) in [5, 5.41) is 1.14. The molecule has 0 bridgehead atoms. The molecule has 116 valence electrons. The largest absolute Gasteiger partial charge is 0.361 e. The minimum absolute atomic E-state index is 0.175. The smallest absolute Gasteiger partial charge is 0.231 e. The van der Waals surface area contributed by atoms with Crippen molar-refractivity contribution in [3.05, 3.63) is 65.9 Å². The van der Waals surface area contributed by atoms with Gasteiger partial charge in [-0.15, -0.1) is 0 Å². The number of nitrogens with zero attached hydrogens (tertiary/aromatic N) is 1. The first-order valence-corrected chi connectivity index (χ1v) is 8.19. The van der Waals surface area contributed by atoms with E-state index in [0.717, 1.165) is 35.0 Å². The van der Waals surface area contributed by atoms with Gasteiger partial charge >= 0.3 is 0 Å². The highest BCUT2D eigenvalue weighted by Gasteiger charge is 2.28. The van der Waals surface area contributed by atoms with E-state index in [4.69, 9.17) is 0 Å². The minimum atomic E-state index is 0.175. The van der Waals surface area contributed by atoms with E-state index < -0.39 is 0 Å². The molecule has 1 N–H and O–H groups in total. The quantitative estimate of drug-likeness (QED) is 0.761. The lowest BCUT2D eigenvalue weighted by atomic mass is 9.96. The lowest BCUT2D eigenvalue weighted by molar-refractivity contribution is -0.118. The zero-order valence-electron chi connectivity index (χ0n) is 13.3. The molecular weight excluding hydrogens is 284 g/mol. The van der Waals surface area contributed by atoms with Crippen LogP contribution >= 0.6 is 0 Å². The molecule has 0 spiro atoms. The van der Waals surface area contributed by atoms with Crippen LogP contribution in [0.3, 0.4) is 0 Å². The van der Waals surface area contributed by atoms with E-state index in [1.807, 2.05) is 35.4 Å². The summed E-state index contributed by atoms with van der Waals surface area (Å²) in [5.74, 6) is 0.175. The molecule has 0 saturated heterocycles. The molecule has 0 fully saturated rings. The third-order valence-electron chi connectivity index (χ3n) is 4.81. The Bertz CT molecular complexity index is 865. The van der Waals surface area contributed by atoms with E-state index in [1.54, 1.807) is 0 Å². The molecule has 2 aromatic carbocycles. The van der Waals surface area contributed by atoms with Crippen LogP contribution in [-0.2, 0) is 17.6 Å². The third kappa shape index (κ3) is 2.42. The minimum Gasteiger partial charge on any atom is -0.361 e. The maximum Gasteiger partial charge on any atom is 0.231 e. The molecule has 4 rings (SSSR count). The van der Waals surface area contributed by atoms with Gasteiger partial charge in [0.2, 0.25) is 5.91 Å². The zero-order valence-corrected chi connectivity index (χ0v) is 13.3. The van der Waals surface area contributed by atoms with Crippen molar-refractivity contribution in [1.29, 1.82) is 0 Å². The third-order valence-corrected chi connectivity index (χ3v) is 4.81. The Kier molecular flexibility index (Phi) is 3.41. The first-order valence-electron chi connectivity index (χ1n) is 8.19. The molecule has 1 amide bonds. The van der Waals surface area contributed by atoms with Gasteiger partial charge < -0.3 is 9.88 Å². The van der Waals surface area contributed by atoms with Crippen LogP contribution in [0.25, 0.3) is 10.9 Å². The Labute approximate surface area is 135 Å². The second-order valence-electron chi connectivity index (χ2n) is 6.32. The van der Waals surface area contributed by atoms with Gasteiger partial charge in [0.1, 0.15) is 0 Å². The Morgan fingerprint density at radius 2 is 1.96 bits per heavy atom. The van der Waals surface area contributed by atoms with Crippen molar-refractivity contribution in [2.75, 3.05) is 4.90 Å². The molecule has 2 heterocycles. The Balaban J connectivity index is 1.67. The summed E-state index contributed by atoms with van der Waals surface area (Å²) in [7, 11) is 0. The number of hydrogen-bond donors (Lipinski definition) is 1. The van der Waals surface area contributed by atoms with Gasteiger partial charge in [-0.1, -0.05) is 36.4 Å². The maximum atomic E-state index is 13.0. The second-order valence-corrected chi connectivity index (χ2v) is 6.32. The monoisotopic (exact) mass is 304 g/mol. The number of nitrogens with one attached hydrogen (secondary N) is 1. The highest BCUT2D eigenvalue weighted by molar-refractivity contribution is 5.98. The summed E-state index contributed by atoms with van der Waals surface area (Å²) in [6, 6.07) is 16.7. The van der Waals surface area contributed by atoms with Gasteiger partial charge in [-0.05, 0) is 43.0 Å². The first kappa shape index (κ1) is 14.1. The van der Waals surface area contributed by atoms with Crippen molar-refractivity contribution >= 4 is 22.5 Å². The number of anilines is 1. The van der Waals surface area contributed by atoms with Crippen molar-refractivity contribution < 1.29 is 4.79 Å². The highest BCUT2D eigenvalue weighted by Crippen LogP contribution is 2.31. The van der Waals surface area contributed by atoms with Gasteiger partial charge in [-0.3, -0.25) is 4.79 Å². The number of benzene rings is 2. The number of H-pyrrole nitrogens is 1. The van der Waals surface area contributed by atoms with Crippen molar-refractivity contribution in [3.63, 3.8) is 0 Å².